The average Bonchev–Trinajstić information content (AvgIpc) is 2.43. The van der Waals surface area contributed by atoms with E-state index >= 15 is 0 Å². The van der Waals surface area contributed by atoms with Gasteiger partial charge in [-0.15, -0.1) is 0 Å². The minimum Gasteiger partial charge on any atom is -0.495 e. The molecule has 1 rings (SSSR count). The number of hydrogen-bond acceptors (Lipinski definition) is 4. The van der Waals surface area contributed by atoms with Gasteiger partial charge in [-0.2, -0.15) is 0 Å². The molecule has 0 atom stereocenters. The Hall–Kier alpha value is -2.04. The lowest BCUT2D eigenvalue weighted by Crippen LogP contribution is -2.34. The van der Waals surface area contributed by atoms with Gasteiger partial charge < -0.3 is 14.4 Å². The first kappa shape index (κ1) is 15.0. The maximum atomic E-state index is 11.8. The Bertz CT molecular complexity index is 482. The van der Waals surface area contributed by atoms with Crippen LogP contribution in [0.5, 0.6) is 5.75 Å². The van der Waals surface area contributed by atoms with Crippen molar-refractivity contribution >= 4 is 17.6 Å². The van der Waals surface area contributed by atoms with E-state index in [0.717, 1.165) is 5.56 Å². The maximum absolute atomic E-state index is 11.8. The average molecular weight is 265 g/mol. The summed E-state index contributed by atoms with van der Waals surface area (Å²) in [7, 11) is 4.21. The zero-order chi connectivity index (χ0) is 14.6. The molecule has 0 heterocycles. The van der Waals surface area contributed by atoms with Gasteiger partial charge in [-0.1, -0.05) is 19.9 Å². The summed E-state index contributed by atoms with van der Waals surface area (Å²) in [5.41, 5.74) is 1.60. The van der Waals surface area contributed by atoms with Crippen LogP contribution in [0.2, 0.25) is 0 Å². The number of carbonyl (C=O) groups excluding carboxylic acids is 2. The number of rotatable bonds is 3. The first-order valence-corrected chi connectivity index (χ1v) is 5.96. The second kappa shape index (κ2) is 6.22. The normalized spacial score (nSPS) is 10.2. The number of anilines is 1. The maximum Gasteiger partial charge on any atom is 0.397 e. The fraction of sp³-hybridized carbons (Fsp3) is 0.429. The van der Waals surface area contributed by atoms with Gasteiger partial charge in [-0.05, 0) is 23.6 Å². The van der Waals surface area contributed by atoms with Crippen molar-refractivity contribution in [2.24, 2.45) is 0 Å². The van der Waals surface area contributed by atoms with Crippen molar-refractivity contribution < 1.29 is 19.1 Å². The minimum atomic E-state index is -0.903. The highest BCUT2D eigenvalue weighted by Gasteiger charge is 2.23. The van der Waals surface area contributed by atoms with E-state index in [1.165, 1.54) is 26.2 Å². The van der Waals surface area contributed by atoms with Crippen LogP contribution in [0.3, 0.4) is 0 Å². The molecular weight excluding hydrogens is 246 g/mol. The van der Waals surface area contributed by atoms with Gasteiger partial charge in [0.1, 0.15) is 5.75 Å². The molecule has 1 amide bonds. The lowest BCUT2D eigenvalue weighted by Gasteiger charge is -2.20. The van der Waals surface area contributed by atoms with E-state index in [1.54, 1.807) is 6.07 Å². The standard InChI is InChI=1S/C14H19NO4/c1-9(2)10-6-7-12(18-4)11(8-10)15(3)13(16)14(17)19-5/h6-9H,1-5H3. The summed E-state index contributed by atoms with van der Waals surface area (Å²) >= 11 is 0. The van der Waals surface area contributed by atoms with E-state index in [1.807, 2.05) is 26.0 Å². The second-order valence-electron chi connectivity index (χ2n) is 4.44. The lowest BCUT2D eigenvalue weighted by molar-refractivity contribution is -0.151. The van der Waals surface area contributed by atoms with Crippen LogP contribution in [-0.4, -0.2) is 33.1 Å². The Morgan fingerprint density at radius 3 is 2.32 bits per heavy atom. The number of amides is 1. The third-order valence-electron chi connectivity index (χ3n) is 2.90. The van der Waals surface area contributed by atoms with Crippen molar-refractivity contribution in [1.82, 2.24) is 0 Å². The molecular formula is C14H19NO4. The molecule has 1 aromatic rings. The number of nitrogens with zero attached hydrogens (tertiary/aromatic N) is 1. The van der Waals surface area contributed by atoms with Crippen LogP contribution in [0.25, 0.3) is 0 Å². The number of ether oxygens (including phenoxy) is 2. The molecule has 0 bridgehead atoms. The number of carbonyl (C=O) groups is 2. The number of methoxy groups -OCH3 is 2. The molecule has 0 aliphatic carbocycles. The van der Waals surface area contributed by atoms with Crippen LogP contribution < -0.4 is 9.64 Å². The number of esters is 1. The number of hydrogen-bond donors (Lipinski definition) is 0. The van der Waals surface area contributed by atoms with Crippen LogP contribution in [0.4, 0.5) is 5.69 Å². The Balaban J connectivity index is 3.19. The molecule has 5 nitrogen and oxygen atoms in total. The summed E-state index contributed by atoms with van der Waals surface area (Å²) in [5, 5.41) is 0. The van der Waals surface area contributed by atoms with Gasteiger partial charge in [0, 0.05) is 7.05 Å². The summed E-state index contributed by atoms with van der Waals surface area (Å²) in [6.45, 7) is 4.10. The SMILES string of the molecule is COC(=O)C(=O)N(C)c1cc(C(C)C)ccc1OC. The van der Waals surface area contributed by atoms with E-state index < -0.39 is 11.9 Å². The molecule has 19 heavy (non-hydrogen) atoms. The molecule has 5 heteroatoms. The van der Waals surface area contributed by atoms with Gasteiger partial charge in [-0.25, -0.2) is 4.79 Å². The van der Waals surface area contributed by atoms with Gasteiger partial charge in [0.05, 0.1) is 19.9 Å². The van der Waals surface area contributed by atoms with Crippen molar-refractivity contribution in [2.45, 2.75) is 19.8 Å². The molecule has 0 unspecified atom stereocenters. The summed E-state index contributed by atoms with van der Waals surface area (Å²) < 4.78 is 9.65. The molecule has 104 valence electrons. The van der Waals surface area contributed by atoms with Gasteiger partial charge in [0.2, 0.25) is 0 Å². The van der Waals surface area contributed by atoms with Crippen molar-refractivity contribution in [1.29, 1.82) is 0 Å². The second-order valence-corrected chi connectivity index (χ2v) is 4.44. The molecule has 0 aromatic heterocycles. The molecule has 1 aromatic carbocycles. The Morgan fingerprint density at radius 2 is 1.84 bits per heavy atom. The first-order valence-electron chi connectivity index (χ1n) is 5.96. The van der Waals surface area contributed by atoms with Crippen molar-refractivity contribution in [3.05, 3.63) is 23.8 Å². The van der Waals surface area contributed by atoms with Crippen molar-refractivity contribution in [2.75, 3.05) is 26.2 Å². The molecule has 0 fully saturated rings. The zero-order valence-electron chi connectivity index (χ0n) is 11.9. The van der Waals surface area contributed by atoms with Crippen LogP contribution in [-0.2, 0) is 14.3 Å². The summed E-state index contributed by atoms with van der Waals surface area (Å²) in [5.74, 6) is -0.795. The minimum absolute atomic E-state index is 0.311. The van der Waals surface area contributed by atoms with Crippen molar-refractivity contribution in [3.63, 3.8) is 0 Å². The largest absolute Gasteiger partial charge is 0.495 e. The number of benzene rings is 1. The third-order valence-corrected chi connectivity index (χ3v) is 2.90. The predicted molar refractivity (Wildman–Crippen MR) is 72.5 cm³/mol. The van der Waals surface area contributed by atoms with Crippen molar-refractivity contribution in [3.8, 4) is 5.75 Å². The fourth-order valence-electron chi connectivity index (χ4n) is 1.66. The topological polar surface area (TPSA) is 55.8 Å². The molecule has 0 saturated heterocycles. The highest BCUT2D eigenvalue weighted by molar-refractivity contribution is 6.38. The van der Waals surface area contributed by atoms with E-state index in [0.29, 0.717) is 17.4 Å². The monoisotopic (exact) mass is 265 g/mol. The number of likely N-dealkylation sites (N-methyl/N-ethyl adjacent to an activating group) is 1. The quantitative estimate of drug-likeness (QED) is 0.619. The summed E-state index contributed by atoms with van der Waals surface area (Å²) in [4.78, 5) is 24.3. The molecule has 0 aliphatic heterocycles. The van der Waals surface area contributed by atoms with Crippen LogP contribution >= 0.6 is 0 Å². The first-order chi connectivity index (χ1) is 8.92. The predicted octanol–water partition coefficient (Wildman–Crippen LogP) is 1.95. The highest BCUT2D eigenvalue weighted by Crippen LogP contribution is 2.31. The van der Waals surface area contributed by atoms with E-state index in [2.05, 4.69) is 4.74 Å². The van der Waals surface area contributed by atoms with Gasteiger partial charge in [-0.3, -0.25) is 4.79 Å². The molecule has 0 saturated carbocycles. The van der Waals surface area contributed by atoms with E-state index in [4.69, 9.17) is 4.74 Å². The lowest BCUT2D eigenvalue weighted by atomic mass is 10.0. The Labute approximate surface area is 113 Å². The zero-order valence-corrected chi connectivity index (χ0v) is 11.9. The Morgan fingerprint density at radius 1 is 1.21 bits per heavy atom. The summed E-state index contributed by atoms with van der Waals surface area (Å²) in [6, 6.07) is 5.56. The fourth-order valence-corrected chi connectivity index (χ4v) is 1.66. The molecule has 0 radical (unpaired) electrons. The molecule has 0 aliphatic rings. The third kappa shape index (κ3) is 3.24. The van der Waals surface area contributed by atoms with Crippen LogP contribution in [0.1, 0.15) is 25.3 Å². The molecule has 0 spiro atoms. The highest BCUT2D eigenvalue weighted by atomic mass is 16.5. The van der Waals surface area contributed by atoms with Crippen LogP contribution in [0, 0.1) is 0 Å². The Kier molecular flexibility index (Phi) is 4.92. The summed E-state index contributed by atoms with van der Waals surface area (Å²) in [6.07, 6.45) is 0. The smallest absolute Gasteiger partial charge is 0.397 e. The van der Waals surface area contributed by atoms with Crippen LogP contribution in [0.15, 0.2) is 18.2 Å². The van der Waals surface area contributed by atoms with E-state index in [-0.39, 0.29) is 0 Å². The van der Waals surface area contributed by atoms with Gasteiger partial charge >= 0.3 is 11.9 Å². The van der Waals surface area contributed by atoms with Gasteiger partial charge in [0.25, 0.3) is 0 Å². The van der Waals surface area contributed by atoms with Gasteiger partial charge in [0.15, 0.2) is 0 Å². The van der Waals surface area contributed by atoms with E-state index in [9.17, 15) is 9.59 Å². The molecule has 0 N–H and O–H groups in total.